The minimum atomic E-state index is -2.22. The molecule has 0 aliphatic rings. The maximum absolute atomic E-state index is 14.4. The smallest absolute Gasteiger partial charge is 0.373 e. The zero-order chi connectivity index (χ0) is 28.4. The molecule has 0 atom stereocenters. The Hall–Kier alpha value is -4.56. The Morgan fingerprint density at radius 3 is 2.21 bits per heavy atom. The Balaban J connectivity index is 0.00000316. The summed E-state index contributed by atoms with van der Waals surface area (Å²) in [5.74, 6) is -9.37. The molecule has 0 N–H and O–H groups in total. The van der Waals surface area contributed by atoms with Gasteiger partial charge in [-0.1, -0.05) is 23.7 Å². The first kappa shape index (κ1) is 27.6. The molecular weight excluding hydrogens is 732 g/mol. The van der Waals surface area contributed by atoms with Crippen molar-refractivity contribution in [3.63, 3.8) is 0 Å². The van der Waals surface area contributed by atoms with Crippen molar-refractivity contribution in [2.45, 2.75) is 0 Å². The summed E-state index contributed by atoms with van der Waals surface area (Å²) < 4.78 is 75.3. The van der Waals surface area contributed by atoms with Gasteiger partial charge in [-0.05, 0) is 22.8 Å². The summed E-state index contributed by atoms with van der Waals surface area (Å²) in [6.45, 7) is 0. The predicted octanol–water partition coefficient (Wildman–Crippen LogP) is 7.33. The van der Waals surface area contributed by atoms with Crippen molar-refractivity contribution in [3.05, 3.63) is 121 Å². The number of halogens is 5. The summed E-state index contributed by atoms with van der Waals surface area (Å²) in [4.78, 5) is 4.42. The fourth-order valence-electron chi connectivity index (χ4n) is 5.05. The van der Waals surface area contributed by atoms with Gasteiger partial charge in [-0.15, -0.1) is 47.3 Å². The van der Waals surface area contributed by atoms with Gasteiger partial charge in [0.1, 0.15) is 0 Å². The van der Waals surface area contributed by atoms with Gasteiger partial charge in [0.2, 0.25) is 5.82 Å². The number of aryl methyl sites for hydroxylation is 1. The third kappa shape index (κ3) is 4.17. The number of rotatable bonds is 4. The molecule has 0 saturated carbocycles. The molecular formula is C31H16F5N5Pt. The van der Waals surface area contributed by atoms with E-state index in [2.05, 4.69) is 22.2 Å². The number of para-hydroxylation sites is 1. The van der Waals surface area contributed by atoms with Gasteiger partial charge >= 0.3 is 21.1 Å². The molecule has 0 fully saturated rings. The van der Waals surface area contributed by atoms with E-state index in [1.54, 1.807) is 12.3 Å². The minimum absolute atomic E-state index is 0. The quantitative estimate of drug-likeness (QED) is 0.0820. The average Bonchev–Trinajstić information content (AvgIpc) is 3.72. The number of benzene rings is 4. The van der Waals surface area contributed by atoms with Crippen LogP contribution in [0.15, 0.2) is 79.4 Å². The van der Waals surface area contributed by atoms with Crippen LogP contribution in [0.3, 0.4) is 0 Å². The van der Waals surface area contributed by atoms with Gasteiger partial charge < -0.3 is 9.13 Å². The van der Waals surface area contributed by atoms with E-state index in [-0.39, 0.29) is 26.6 Å². The Bertz CT molecular complexity index is 2120. The molecule has 0 amide bonds. The number of aromatic nitrogens is 5. The third-order valence-corrected chi connectivity index (χ3v) is 6.98. The van der Waals surface area contributed by atoms with Crippen molar-refractivity contribution in [1.29, 1.82) is 0 Å². The third-order valence-electron chi connectivity index (χ3n) is 6.98. The first-order valence-corrected chi connectivity index (χ1v) is 12.4. The minimum Gasteiger partial charge on any atom is -0.373 e. The van der Waals surface area contributed by atoms with Gasteiger partial charge in [-0.25, -0.2) is 22.0 Å². The number of imidazole rings is 1. The fraction of sp³-hybridized carbons (Fsp3) is 0.0323. The molecule has 0 bridgehead atoms. The van der Waals surface area contributed by atoms with Crippen molar-refractivity contribution in [3.8, 4) is 33.9 Å². The molecule has 3 aromatic heterocycles. The molecule has 5 nitrogen and oxygen atoms in total. The van der Waals surface area contributed by atoms with Crippen LogP contribution >= 0.6 is 0 Å². The SMILES string of the molecule is Cn1ccnc1-c1[c-]c(-n2c3[c-]c(-n4cc(-c5c(F)c(F)c(F)c(F)c5F)cn4)ccc3c3ccccc32)ccc1.[Pt+2]. The normalized spacial score (nSPS) is 11.4. The number of hydrogen-bond acceptors (Lipinski definition) is 2. The maximum atomic E-state index is 14.4. The molecule has 4 aromatic carbocycles. The van der Waals surface area contributed by atoms with Crippen molar-refractivity contribution in [2.75, 3.05) is 0 Å². The predicted molar refractivity (Wildman–Crippen MR) is 143 cm³/mol. The van der Waals surface area contributed by atoms with E-state index in [1.807, 2.05) is 70.9 Å². The van der Waals surface area contributed by atoms with Crippen molar-refractivity contribution in [2.24, 2.45) is 7.05 Å². The molecule has 0 unspecified atom stereocenters. The van der Waals surface area contributed by atoms with E-state index in [0.29, 0.717) is 11.2 Å². The fourth-order valence-corrected chi connectivity index (χ4v) is 5.05. The van der Waals surface area contributed by atoms with Gasteiger partial charge in [0.15, 0.2) is 23.3 Å². The Labute approximate surface area is 249 Å². The van der Waals surface area contributed by atoms with Crippen molar-refractivity contribution < 1.29 is 43.0 Å². The average molecular weight is 749 g/mol. The maximum Gasteiger partial charge on any atom is 2.00 e. The van der Waals surface area contributed by atoms with Gasteiger partial charge in [0.05, 0.1) is 17.6 Å². The van der Waals surface area contributed by atoms with E-state index < -0.39 is 34.6 Å². The molecule has 11 heteroatoms. The summed E-state index contributed by atoms with van der Waals surface area (Å²) >= 11 is 0. The molecule has 7 rings (SSSR count). The van der Waals surface area contributed by atoms with E-state index in [4.69, 9.17) is 0 Å². The summed E-state index contributed by atoms with van der Waals surface area (Å²) in [5.41, 5.74) is 2.14. The molecule has 210 valence electrons. The van der Waals surface area contributed by atoms with Crippen LogP contribution in [-0.4, -0.2) is 23.9 Å². The summed E-state index contributed by atoms with van der Waals surface area (Å²) in [5, 5.41) is 5.98. The summed E-state index contributed by atoms with van der Waals surface area (Å²) in [6.07, 6.45) is 5.79. The molecule has 0 spiro atoms. The molecule has 3 heterocycles. The number of nitrogens with zero attached hydrogens (tertiary/aromatic N) is 5. The van der Waals surface area contributed by atoms with Crippen LogP contribution < -0.4 is 0 Å². The largest absolute Gasteiger partial charge is 2.00 e. The van der Waals surface area contributed by atoms with Gasteiger partial charge in [0, 0.05) is 36.7 Å². The van der Waals surface area contributed by atoms with Crippen LogP contribution in [0.4, 0.5) is 22.0 Å². The van der Waals surface area contributed by atoms with Crippen LogP contribution in [0.25, 0.3) is 55.7 Å². The second-order valence-corrected chi connectivity index (χ2v) is 9.39. The van der Waals surface area contributed by atoms with Crippen molar-refractivity contribution >= 4 is 21.8 Å². The first-order chi connectivity index (χ1) is 19.8. The van der Waals surface area contributed by atoms with Crippen LogP contribution in [0.2, 0.25) is 0 Å². The summed E-state index contributed by atoms with van der Waals surface area (Å²) in [6, 6.07) is 23.9. The van der Waals surface area contributed by atoms with Gasteiger partial charge in [-0.3, -0.25) is 9.67 Å². The Kier molecular flexibility index (Phi) is 6.81. The molecule has 0 radical (unpaired) electrons. The standard InChI is InChI=1S/C31H16F5N5.Pt/c1-39-12-11-37-31(39)17-5-4-6-20(13-17)41-23-8-3-2-7-21(23)22-10-9-19(14-24(22)41)40-16-18(15-38-40)25-26(32)28(34)30(36)29(35)27(25)33;/h2-12,15-16H,1H3;/q-2;+2. The zero-order valence-electron chi connectivity index (χ0n) is 21.4. The van der Waals surface area contributed by atoms with Gasteiger partial charge in [-0.2, -0.15) is 11.2 Å². The van der Waals surface area contributed by atoms with E-state index in [1.165, 1.54) is 10.9 Å². The molecule has 7 aromatic rings. The van der Waals surface area contributed by atoms with E-state index in [0.717, 1.165) is 39.6 Å². The molecule has 0 aliphatic carbocycles. The summed E-state index contributed by atoms with van der Waals surface area (Å²) in [7, 11) is 1.90. The van der Waals surface area contributed by atoms with Crippen LogP contribution in [0, 0.1) is 41.2 Å². The second-order valence-electron chi connectivity index (χ2n) is 9.39. The van der Waals surface area contributed by atoms with Crippen molar-refractivity contribution in [1.82, 2.24) is 23.9 Å². The molecule has 42 heavy (non-hydrogen) atoms. The topological polar surface area (TPSA) is 40.6 Å². The van der Waals surface area contributed by atoms with Gasteiger partial charge in [0.25, 0.3) is 0 Å². The van der Waals surface area contributed by atoms with Crippen LogP contribution in [0.5, 0.6) is 0 Å². The van der Waals surface area contributed by atoms with E-state index in [9.17, 15) is 22.0 Å². The first-order valence-electron chi connectivity index (χ1n) is 12.4. The van der Waals surface area contributed by atoms with Crippen LogP contribution in [-0.2, 0) is 28.1 Å². The second kappa shape index (κ2) is 10.4. The molecule has 0 aliphatic heterocycles. The zero-order valence-corrected chi connectivity index (χ0v) is 23.7. The monoisotopic (exact) mass is 748 g/mol. The number of hydrogen-bond donors (Lipinski definition) is 0. The Morgan fingerprint density at radius 1 is 0.738 bits per heavy atom. The van der Waals surface area contributed by atoms with E-state index >= 15 is 0 Å². The Morgan fingerprint density at radius 2 is 1.48 bits per heavy atom. The number of fused-ring (bicyclic) bond motifs is 3. The van der Waals surface area contributed by atoms with Crippen LogP contribution in [0.1, 0.15) is 0 Å². The molecule has 0 saturated heterocycles.